The number of anilines is 1. The molecular formula is C25H24F4N4O2. The van der Waals surface area contributed by atoms with Crippen molar-refractivity contribution < 1.29 is 27.2 Å². The molecule has 0 saturated carbocycles. The Labute approximate surface area is 199 Å². The van der Waals surface area contributed by atoms with E-state index in [1.807, 2.05) is 4.90 Å². The van der Waals surface area contributed by atoms with Gasteiger partial charge in [0.2, 0.25) is 5.91 Å². The van der Waals surface area contributed by atoms with Crippen LogP contribution in [0, 0.1) is 34.9 Å². The number of likely N-dealkylation sites (tertiary alicyclic amines) is 1. The molecule has 0 aliphatic carbocycles. The van der Waals surface area contributed by atoms with Crippen LogP contribution in [0.2, 0.25) is 0 Å². The Kier molecular flexibility index (Phi) is 6.70. The van der Waals surface area contributed by atoms with Gasteiger partial charge in [-0.1, -0.05) is 6.07 Å². The maximum Gasteiger partial charge on any atom is 0.417 e. The third-order valence-electron chi connectivity index (χ3n) is 7.03. The molecule has 184 valence electrons. The molecule has 2 N–H and O–H groups in total. The fourth-order valence-electron chi connectivity index (χ4n) is 5.22. The van der Waals surface area contributed by atoms with Crippen molar-refractivity contribution >= 4 is 17.5 Å². The number of hydrogen-bond acceptors (Lipinski definition) is 4. The maximum atomic E-state index is 13.6. The molecule has 2 amide bonds. The van der Waals surface area contributed by atoms with Gasteiger partial charge in [0.1, 0.15) is 5.82 Å². The van der Waals surface area contributed by atoms with Crippen molar-refractivity contribution in [2.75, 3.05) is 31.1 Å². The summed E-state index contributed by atoms with van der Waals surface area (Å²) in [6, 6.07) is 10.6. The van der Waals surface area contributed by atoms with E-state index >= 15 is 0 Å². The summed E-state index contributed by atoms with van der Waals surface area (Å²) in [5.41, 5.74) is 4.84. The number of nitrogens with zero attached hydrogens (tertiary/aromatic N) is 3. The van der Waals surface area contributed by atoms with Gasteiger partial charge in [-0.3, -0.25) is 9.59 Å². The Morgan fingerprint density at radius 1 is 1.06 bits per heavy atom. The number of amides is 2. The normalized spacial score (nSPS) is 21.1. The number of alkyl halides is 3. The topological polar surface area (TPSA) is 90.4 Å². The highest BCUT2D eigenvalue weighted by atomic mass is 19.4. The van der Waals surface area contributed by atoms with E-state index in [1.54, 1.807) is 6.07 Å². The van der Waals surface area contributed by atoms with Crippen LogP contribution >= 0.6 is 0 Å². The highest BCUT2D eigenvalue weighted by Crippen LogP contribution is 2.39. The van der Waals surface area contributed by atoms with Crippen LogP contribution in [0.1, 0.15) is 34.3 Å². The molecule has 0 bridgehead atoms. The third-order valence-corrected chi connectivity index (χ3v) is 7.03. The van der Waals surface area contributed by atoms with Gasteiger partial charge >= 0.3 is 6.18 Å². The van der Waals surface area contributed by atoms with Gasteiger partial charge in [-0.15, -0.1) is 0 Å². The van der Waals surface area contributed by atoms with E-state index in [1.165, 1.54) is 35.2 Å². The van der Waals surface area contributed by atoms with Crippen molar-refractivity contribution in [2.45, 2.75) is 19.0 Å². The quantitative estimate of drug-likeness (QED) is 0.663. The Morgan fingerprint density at radius 3 is 2.37 bits per heavy atom. The summed E-state index contributed by atoms with van der Waals surface area (Å²) >= 11 is 0. The zero-order valence-corrected chi connectivity index (χ0v) is 18.8. The zero-order valence-electron chi connectivity index (χ0n) is 18.8. The summed E-state index contributed by atoms with van der Waals surface area (Å²) in [5.74, 6) is -2.08. The van der Waals surface area contributed by atoms with Gasteiger partial charge in [0, 0.05) is 37.4 Å². The van der Waals surface area contributed by atoms with Crippen LogP contribution in [0.25, 0.3) is 0 Å². The molecule has 2 fully saturated rings. The van der Waals surface area contributed by atoms with Crippen LogP contribution in [0.5, 0.6) is 0 Å². The summed E-state index contributed by atoms with van der Waals surface area (Å²) in [6.45, 7) is 1.39. The van der Waals surface area contributed by atoms with E-state index in [0.717, 1.165) is 12.1 Å². The molecule has 2 aliphatic rings. The molecule has 2 aliphatic heterocycles. The molecule has 10 heteroatoms. The maximum absolute atomic E-state index is 13.6. The molecule has 35 heavy (non-hydrogen) atoms. The fraction of sp³-hybridized carbons (Fsp3) is 0.400. The SMILES string of the molecule is N#Cc1ccc(N2CCC([C@@H]3CN(C(=O)c4cccc(F)c4)C[C@H]3C(N)=O)CC2)cc1C(F)(F)F. The predicted molar refractivity (Wildman–Crippen MR) is 120 cm³/mol. The average Bonchev–Trinajstić information content (AvgIpc) is 3.29. The first-order valence-electron chi connectivity index (χ1n) is 11.3. The minimum absolute atomic E-state index is 0.0505. The van der Waals surface area contributed by atoms with Crippen LogP contribution in [0.15, 0.2) is 42.5 Å². The van der Waals surface area contributed by atoms with Crippen LogP contribution in [-0.4, -0.2) is 42.9 Å². The van der Waals surface area contributed by atoms with E-state index in [2.05, 4.69) is 0 Å². The standard InChI is InChI=1S/C25H24F4N4O2/c26-18-3-1-2-16(10-18)24(35)33-13-20(21(14-33)23(31)34)15-6-8-32(9-7-15)19-5-4-17(12-30)22(11-19)25(27,28)29/h1-5,10-11,15,20-21H,6-9,13-14H2,(H2,31,34)/t20-,21+/m0/s1. The molecule has 0 radical (unpaired) electrons. The van der Waals surface area contributed by atoms with Crippen LogP contribution in [0.3, 0.4) is 0 Å². The molecule has 2 heterocycles. The monoisotopic (exact) mass is 488 g/mol. The Morgan fingerprint density at radius 2 is 1.77 bits per heavy atom. The van der Waals surface area contributed by atoms with Crippen molar-refractivity contribution in [3.8, 4) is 6.07 Å². The second-order valence-corrected chi connectivity index (χ2v) is 9.06. The Balaban J connectivity index is 1.46. The first kappa shape index (κ1) is 24.5. The van der Waals surface area contributed by atoms with Gasteiger partial charge < -0.3 is 15.5 Å². The van der Waals surface area contributed by atoms with Crippen LogP contribution < -0.4 is 10.6 Å². The van der Waals surface area contributed by atoms with Gasteiger partial charge in [-0.25, -0.2) is 4.39 Å². The van der Waals surface area contributed by atoms with Gasteiger partial charge in [0.15, 0.2) is 0 Å². The van der Waals surface area contributed by atoms with Crippen molar-refractivity contribution in [2.24, 2.45) is 23.5 Å². The number of piperidine rings is 1. The Hall–Kier alpha value is -3.61. The highest BCUT2D eigenvalue weighted by Gasteiger charge is 2.43. The number of nitriles is 1. The van der Waals surface area contributed by atoms with E-state index in [0.29, 0.717) is 38.2 Å². The lowest BCUT2D eigenvalue weighted by Gasteiger charge is -2.37. The smallest absolute Gasteiger partial charge is 0.372 e. The lowest BCUT2D eigenvalue weighted by atomic mass is 9.78. The van der Waals surface area contributed by atoms with E-state index in [9.17, 15) is 27.2 Å². The minimum Gasteiger partial charge on any atom is -0.372 e. The second-order valence-electron chi connectivity index (χ2n) is 9.06. The number of carbonyl (C=O) groups is 2. The van der Waals surface area contributed by atoms with E-state index < -0.39 is 34.9 Å². The average molecular weight is 488 g/mol. The number of halogens is 4. The first-order valence-corrected chi connectivity index (χ1v) is 11.3. The Bertz CT molecular complexity index is 1170. The molecule has 6 nitrogen and oxygen atoms in total. The molecular weight excluding hydrogens is 464 g/mol. The zero-order chi connectivity index (χ0) is 25.3. The van der Waals surface area contributed by atoms with Crippen molar-refractivity contribution in [3.05, 3.63) is 65.0 Å². The summed E-state index contributed by atoms with van der Waals surface area (Å²) in [5, 5.41) is 9.01. The molecule has 0 spiro atoms. The number of rotatable bonds is 4. The van der Waals surface area contributed by atoms with E-state index in [-0.39, 0.29) is 29.9 Å². The molecule has 2 aromatic carbocycles. The summed E-state index contributed by atoms with van der Waals surface area (Å²) < 4.78 is 53.6. The summed E-state index contributed by atoms with van der Waals surface area (Å²) in [7, 11) is 0. The van der Waals surface area contributed by atoms with Crippen molar-refractivity contribution in [3.63, 3.8) is 0 Å². The van der Waals surface area contributed by atoms with Crippen LogP contribution in [-0.2, 0) is 11.0 Å². The van der Waals surface area contributed by atoms with Gasteiger partial charge in [0.25, 0.3) is 5.91 Å². The highest BCUT2D eigenvalue weighted by molar-refractivity contribution is 5.95. The largest absolute Gasteiger partial charge is 0.417 e. The number of primary amides is 1. The third kappa shape index (κ3) is 5.09. The molecule has 0 aromatic heterocycles. The minimum atomic E-state index is -4.63. The number of carbonyl (C=O) groups excluding carboxylic acids is 2. The van der Waals surface area contributed by atoms with E-state index in [4.69, 9.17) is 11.0 Å². The molecule has 2 saturated heterocycles. The van der Waals surface area contributed by atoms with Gasteiger partial charge in [0.05, 0.1) is 23.1 Å². The predicted octanol–water partition coefficient (Wildman–Crippen LogP) is 3.81. The molecule has 0 unspecified atom stereocenters. The number of hydrogen-bond donors (Lipinski definition) is 1. The summed E-state index contributed by atoms with van der Waals surface area (Å²) in [4.78, 5) is 28.4. The molecule has 4 rings (SSSR count). The molecule has 2 aromatic rings. The number of benzene rings is 2. The lowest BCUT2D eigenvalue weighted by Crippen LogP contribution is -2.40. The molecule has 2 atom stereocenters. The second kappa shape index (κ2) is 9.56. The van der Waals surface area contributed by atoms with Crippen LogP contribution in [0.4, 0.5) is 23.2 Å². The summed E-state index contributed by atoms with van der Waals surface area (Å²) in [6.07, 6.45) is -3.41. The fourth-order valence-corrected chi connectivity index (χ4v) is 5.22. The van der Waals surface area contributed by atoms with Crippen molar-refractivity contribution in [1.82, 2.24) is 4.90 Å². The van der Waals surface area contributed by atoms with Gasteiger partial charge in [-0.2, -0.15) is 18.4 Å². The number of nitrogens with two attached hydrogens (primary N) is 1. The lowest BCUT2D eigenvalue weighted by molar-refractivity contribution is -0.137. The first-order chi connectivity index (χ1) is 16.6. The van der Waals surface area contributed by atoms with Crippen molar-refractivity contribution in [1.29, 1.82) is 5.26 Å². The van der Waals surface area contributed by atoms with Gasteiger partial charge in [-0.05, 0) is 61.1 Å².